The van der Waals surface area contributed by atoms with Crippen LogP contribution in [-0.2, 0) is 11.3 Å². The number of fused-ring (bicyclic) bond motifs is 4. The Hall–Kier alpha value is -1.55. The molecule has 0 radical (unpaired) electrons. The molecule has 3 unspecified atom stereocenters. The highest BCUT2D eigenvalue weighted by Crippen LogP contribution is 2.37. The maximum atomic E-state index is 11.7. The zero-order valence-corrected chi connectivity index (χ0v) is 10.9. The highest BCUT2D eigenvalue weighted by Gasteiger charge is 2.51. The monoisotopic (exact) mass is 258 g/mol. The number of hydrogen-bond acceptors (Lipinski definition) is 3. The molecule has 3 fully saturated rings. The second kappa shape index (κ2) is 4.23. The van der Waals surface area contributed by atoms with Crippen molar-refractivity contribution >= 4 is 6.09 Å². The van der Waals surface area contributed by atoms with Crippen molar-refractivity contribution in [2.24, 2.45) is 0 Å². The Morgan fingerprint density at radius 1 is 1.16 bits per heavy atom. The predicted molar refractivity (Wildman–Crippen MR) is 70.6 cm³/mol. The van der Waals surface area contributed by atoms with Gasteiger partial charge in [0, 0.05) is 25.2 Å². The number of hydrogen-bond donors (Lipinski definition) is 0. The Kier molecular flexibility index (Phi) is 2.52. The van der Waals surface area contributed by atoms with Crippen LogP contribution in [-0.4, -0.2) is 47.2 Å². The van der Waals surface area contributed by atoms with Crippen LogP contribution < -0.4 is 0 Å². The minimum absolute atomic E-state index is 0.110. The molecule has 19 heavy (non-hydrogen) atoms. The number of rotatable bonds is 2. The van der Waals surface area contributed by atoms with Gasteiger partial charge >= 0.3 is 6.09 Å². The topological polar surface area (TPSA) is 32.8 Å². The van der Waals surface area contributed by atoms with Crippen molar-refractivity contribution in [3.8, 4) is 0 Å². The summed E-state index contributed by atoms with van der Waals surface area (Å²) in [6, 6.07) is 11.9. The molecule has 1 amide bonds. The first-order valence-electron chi connectivity index (χ1n) is 7.06. The van der Waals surface area contributed by atoms with E-state index in [4.69, 9.17) is 4.74 Å². The maximum absolute atomic E-state index is 11.7. The van der Waals surface area contributed by atoms with Gasteiger partial charge in [0.1, 0.15) is 6.61 Å². The SMILES string of the molecule is O=C1OCC2C3CCC(CN12)N3Cc1ccccc1. The molecule has 0 aromatic heterocycles. The molecule has 1 aromatic rings. The third-order valence-corrected chi connectivity index (χ3v) is 4.76. The summed E-state index contributed by atoms with van der Waals surface area (Å²) in [7, 11) is 0. The summed E-state index contributed by atoms with van der Waals surface area (Å²) in [5, 5.41) is 0. The second-order valence-corrected chi connectivity index (χ2v) is 5.75. The molecule has 100 valence electrons. The van der Waals surface area contributed by atoms with E-state index in [-0.39, 0.29) is 12.1 Å². The highest BCUT2D eigenvalue weighted by atomic mass is 16.6. The van der Waals surface area contributed by atoms with E-state index in [9.17, 15) is 4.79 Å². The minimum Gasteiger partial charge on any atom is -0.447 e. The van der Waals surface area contributed by atoms with Gasteiger partial charge in [0.2, 0.25) is 0 Å². The molecule has 3 aliphatic heterocycles. The molecular formula is C15H18N2O2. The average molecular weight is 258 g/mol. The van der Waals surface area contributed by atoms with Gasteiger partial charge in [-0.3, -0.25) is 9.80 Å². The highest BCUT2D eigenvalue weighted by molar-refractivity contribution is 5.70. The molecule has 3 aliphatic rings. The van der Waals surface area contributed by atoms with E-state index in [2.05, 4.69) is 35.2 Å². The summed E-state index contributed by atoms with van der Waals surface area (Å²) in [6.07, 6.45) is 2.29. The lowest BCUT2D eigenvalue weighted by atomic mass is 10.0. The van der Waals surface area contributed by atoms with Crippen LogP contribution in [0.2, 0.25) is 0 Å². The summed E-state index contributed by atoms with van der Waals surface area (Å²) in [5.74, 6) is 0. The van der Waals surface area contributed by atoms with Crippen LogP contribution in [0.3, 0.4) is 0 Å². The van der Waals surface area contributed by atoms with Gasteiger partial charge in [-0.1, -0.05) is 30.3 Å². The molecular weight excluding hydrogens is 240 g/mol. The predicted octanol–water partition coefficient (Wildman–Crippen LogP) is 1.85. The number of carbonyl (C=O) groups is 1. The molecule has 0 aliphatic carbocycles. The normalized spacial score (nSPS) is 33.4. The van der Waals surface area contributed by atoms with E-state index in [0.717, 1.165) is 13.1 Å². The van der Waals surface area contributed by atoms with Crippen LogP contribution in [0.25, 0.3) is 0 Å². The quantitative estimate of drug-likeness (QED) is 0.811. The minimum atomic E-state index is -0.110. The van der Waals surface area contributed by atoms with Gasteiger partial charge in [-0.2, -0.15) is 0 Å². The van der Waals surface area contributed by atoms with Crippen molar-refractivity contribution < 1.29 is 9.53 Å². The zero-order chi connectivity index (χ0) is 12.8. The Balaban J connectivity index is 1.57. The third-order valence-electron chi connectivity index (χ3n) is 4.76. The number of amides is 1. The number of cyclic esters (lactones) is 1. The summed E-state index contributed by atoms with van der Waals surface area (Å²) in [5.41, 5.74) is 1.36. The first-order valence-corrected chi connectivity index (χ1v) is 7.06. The molecule has 4 nitrogen and oxygen atoms in total. The van der Waals surface area contributed by atoms with Gasteiger partial charge in [-0.25, -0.2) is 4.79 Å². The molecule has 0 N–H and O–H groups in total. The number of benzene rings is 1. The van der Waals surface area contributed by atoms with E-state index in [0.29, 0.717) is 18.7 Å². The number of ether oxygens (including phenoxy) is 1. The van der Waals surface area contributed by atoms with E-state index in [1.807, 2.05) is 4.90 Å². The summed E-state index contributed by atoms with van der Waals surface area (Å²) >= 11 is 0. The van der Waals surface area contributed by atoms with E-state index < -0.39 is 0 Å². The van der Waals surface area contributed by atoms with E-state index in [1.165, 1.54) is 18.4 Å². The Morgan fingerprint density at radius 3 is 2.84 bits per heavy atom. The number of nitrogens with zero attached hydrogens (tertiary/aromatic N) is 2. The van der Waals surface area contributed by atoms with Crippen molar-refractivity contribution in [2.75, 3.05) is 13.2 Å². The summed E-state index contributed by atoms with van der Waals surface area (Å²) in [6.45, 7) is 2.41. The van der Waals surface area contributed by atoms with Crippen LogP contribution in [0.15, 0.2) is 30.3 Å². The average Bonchev–Trinajstić information content (AvgIpc) is 2.93. The lowest BCUT2D eigenvalue weighted by molar-refractivity contribution is 0.0522. The van der Waals surface area contributed by atoms with Crippen LogP contribution >= 0.6 is 0 Å². The van der Waals surface area contributed by atoms with E-state index in [1.54, 1.807) is 0 Å². The maximum Gasteiger partial charge on any atom is 0.410 e. The molecule has 0 spiro atoms. The van der Waals surface area contributed by atoms with Gasteiger partial charge in [-0.15, -0.1) is 0 Å². The fourth-order valence-corrected chi connectivity index (χ4v) is 3.84. The van der Waals surface area contributed by atoms with Crippen LogP contribution in [0.5, 0.6) is 0 Å². The Labute approximate surface area is 112 Å². The van der Waals surface area contributed by atoms with Crippen molar-refractivity contribution in [1.29, 1.82) is 0 Å². The van der Waals surface area contributed by atoms with Crippen LogP contribution in [0, 0.1) is 0 Å². The first kappa shape index (κ1) is 11.3. The number of piperazine rings is 1. The van der Waals surface area contributed by atoms with Crippen molar-refractivity contribution in [2.45, 2.75) is 37.5 Å². The largest absolute Gasteiger partial charge is 0.447 e. The molecule has 4 heteroatoms. The lowest BCUT2D eigenvalue weighted by Crippen LogP contribution is -2.58. The molecule has 3 saturated heterocycles. The third kappa shape index (κ3) is 1.74. The van der Waals surface area contributed by atoms with Crippen molar-refractivity contribution in [1.82, 2.24) is 9.80 Å². The smallest absolute Gasteiger partial charge is 0.410 e. The van der Waals surface area contributed by atoms with Crippen LogP contribution in [0.1, 0.15) is 18.4 Å². The Bertz CT molecular complexity index is 490. The summed E-state index contributed by atoms with van der Waals surface area (Å²) < 4.78 is 5.21. The fraction of sp³-hybridized carbons (Fsp3) is 0.533. The van der Waals surface area contributed by atoms with Crippen molar-refractivity contribution in [3.05, 3.63) is 35.9 Å². The molecule has 2 bridgehead atoms. The Morgan fingerprint density at radius 2 is 2.00 bits per heavy atom. The lowest BCUT2D eigenvalue weighted by Gasteiger charge is -2.42. The molecule has 3 atom stereocenters. The summed E-state index contributed by atoms with van der Waals surface area (Å²) in [4.78, 5) is 16.2. The fourth-order valence-electron chi connectivity index (χ4n) is 3.84. The van der Waals surface area contributed by atoms with Gasteiger partial charge < -0.3 is 4.74 Å². The molecule has 0 saturated carbocycles. The second-order valence-electron chi connectivity index (χ2n) is 5.75. The van der Waals surface area contributed by atoms with Crippen LogP contribution in [0.4, 0.5) is 4.79 Å². The van der Waals surface area contributed by atoms with Crippen molar-refractivity contribution in [3.63, 3.8) is 0 Å². The molecule has 4 rings (SSSR count). The zero-order valence-electron chi connectivity index (χ0n) is 10.9. The van der Waals surface area contributed by atoms with E-state index >= 15 is 0 Å². The number of carbonyl (C=O) groups excluding carboxylic acids is 1. The first-order chi connectivity index (χ1) is 9.33. The van der Waals surface area contributed by atoms with Gasteiger partial charge in [0.25, 0.3) is 0 Å². The molecule has 3 heterocycles. The standard InChI is InChI=1S/C15H18N2O2/c18-15-17-9-12-6-7-13(14(17)10-19-15)16(12)8-11-4-2-1-3-5-11/h1-5,12-14H,6-10H2. The van der Waals surface area contributed by atoms with Gasteiger partial charge in [-0.05, 0) is 18.4 Å². The van der Waals surface area contributed by atoms with Gasteiger partial charge in [0.15, 0.2) is 0 Å². The molecule has 1 aromatic carbocycles. The van der Waals surface area contributed by atoms with Gasteiger partial charge in [0.05, 0.1) is 6.04 Å².